The van der Waals surface area contributed by atoms with Crippen LogP contribution >= 0.6 is 0 Å². The van der Waals surface area contributed by atoms with Crippen LogP contribution in [-0.4, -0.2) is 29.9 Å². The predicted octanol–water partition coefficient (Wildman–Crippen LogP) is 0.758. The molecular weight excluding hydrogens is 164 g/mol. The van der Waals surface area contributed by atoms with Gasteiger partial charge in [0, 0.05) is 19.1 Å². The van der Waals surface area contributed by atoms with Crippen LogP contribution in [0.15, 0.2) is 12.2 Å². The summed E-state index contributed by atoms with van der Waals surface area (Å²) in [5, 5.41) is 0. The van der Waals surface area contributed by atoms with Gasteiger partial charge in [-0.15, -0.1) is 0 Å². The van der Waals surface area contributed by atoms with E-state index in [2.05, 4.69) is 6.92 Å². The molecule has 1 saturated heterocycles. The molecule has 1 aliphatic heterocycles. The molecule has 2 atom stereocenters. The van der Waals surface area contributed by atoms with Gasteiger partial charge in [-0.2, -0.15) is 0 Å². The molecule has 3 heteroatoms. The van der Waals surface area contributed by atoms with Crippen LogP contribution in [0, 0.1) is 5.92 Å². The number of piperidine rings is 1. The lowest BCUT2D eigenvalue weighted by Crippen LogP contribution is -2.47. The minimum Gasteiger partial charge on any atom is -0.339 e. The van der Waals surface area contributed by atoms with Crippen molar-refractivity contribution in [3.8, 4) is 0 Å². The first-order valence-corrected chi connectivity index (χ1v) is 4.82. The molecule has 1 rings (SSSR count). The summed E-state index contributed by atoms with van der Waals surface area (Å²) in [6.45, 7) is 5.55. The second kappa shape index (κ2) is 4.42. The van der Waals surface area contributed by atoms with Crippen LogP contribution in [-0.2, 0) is 4.79 Å². The van der Waals surface area contributed by atoms with Crippen molar-refractivity contribution in [3.05, 3.63) is 12.2 Å². The van der Waals surface area contributed by atoms with Crippen molar-refractivity contribution in [2.45, 2.75) is 26.3 Å². The van der Waals surface area contributed by atoms with Crippen molar-refractivity contribution < 1.29 is 4.79 Å². The van der Waals surface area contributed by atoms with Gasteiger partial charge in [-0.25, -0.2) is 0 Å². The maximum Gasteiger partial charge on any atom is 0.246 e. The molecule has 0 aliphatic carbocycles. The third-order valence-corrected chi connectivity index (χ3v) is 2.59. The molecule has 0 radical (unpaired) electrons. The van der Waals surface area contributed by atoms with Crippen LogP contribution in [0.25, 0.3) is 0 Å². The SMILES string of the molecule is C/C=C/C(=O)N1CCC(N)C(C)C1. The van der Waals surface area contributed by atoms with E-state index in [4.69, 9.17) is 5.73 Å². The Bertz CT molecular complexity index is 213. The summed E-state index contributed by atoms with van der Waals surface area (Å²) in [6, 6.07) is 0.259. The third-order valence-electron chi connectivity index (χ3n) is 2.59. The maximum absolute atomic E-state index is 11.4. The molecule has 0 aromatic rings. The van der Waals surface area contributed by atoms with E-state index in [1.165, 1.54) is 0 Å². The van der Waals surface area contributed by atoms with Gasteiger partial charge in [-0.1, -0.05) is 13.0 Å². The Morgan fingerprint density at radius 1 is 1.62 bits per heavy atom. The van der Waals surface area contributed by atoms with E-state index in [0.29, 0.717) is 5.92 Å². The lowest BCUT2D eigenvalue weighted by molar-refractivity contribution is -0.127. The summed E-state index contributed by atoms with van der Waals surface area (Å²) in [7, 11) is 0. The summed E-state index contributed by atoms with van der Waals surface area (Å²) in [5.41, 5.74) is 5.86. The molecule has 1 heterocycles. The highest BCUT2D eigenvalue weighted by molar-refractivity contribution is 5.87. The molecule has 0 bridgehead atoms. The molecule has 2 unspecified atom stereocenters. The van der Waals surface area contributed by atoms with Gasteiger partial charge in [0.05, 0.1) is 0 Å². The van der Waals surface area contributed by atoms with Crippen LogP contribution in [0.3, 0.4) is 0 Å². The van der Waals surface area contributed by atoms with Crippen LogP contribution in [0.1, 0.15) is 20.3 Å². The molecule has 0 aromatic carbocycles. The minimum atomic E-state index is 0.112. The van der Waals surface area contributed by atoms with Crippen molar-refractivity contribution in [3.63, 3.8) is 0 Å². The van der Waals surface area contributed by atoms with Gasteiger partial charge in [-0.05, 0) is 25.3 Å². The average Bonchev–Trinajstić information content (AvgIpc) is 2.10. The molecule has 1 fully saturated rings. The second-order valence-electron chi connectivity index (χ2n) is 3.71. The monoisotopic (exact) mass is 182 g/mol. The number of likely N-dealkylation sites (tertiary alicyclic amines) is 1. The van der Waals surface area contributed by atoms with Crippen LogP contribution in [0.2, 0.25) is 0 Å². The summed E-state index contributed by atoms with van der Waals surface area (Å²) < 4.78 is 0. The van der Waals surface area contributed by atoms with E-state index < -0.39 is 0 Å². The van der Waals surface area contributed by atoms with Gasteiger partial charge >= 0.3 is 0 Å². The number of nitrogens with two attached hydrogens (primary N) is 1. The highest BCUT2D eigenvalue weighted by Crippen LogP contribution is 2.14. The van der Waals surface area contributed by atoms with E-state index in [1.54, 1.807) is 12.2 Å². The Morgan fingerprint density at radius 2 is 2.31 bits per heavy atom. The van der Waals surface area contributed by atoms with Crippen LogP contribution in [0.4, 0.5) is 0 Å². The lowest BCUT2D eigenvalue weighted by Gasteiger charge is -2.34. The highest BCUT2D eigenvalue weighted by Gasteiger charge is 2.24. The third kappa shape index (κ3) is 2.56. The summed E-state index contributed by atoms with van der Waals surface area (Å²) in [4.78, 5) is 13.3. The summed E-state index contributed by atoms with van der Waals surface area (Å²) in [5.74, 6) is 0.532. The largest absolute Gasteiger partial charge is 0.339 e. The summed E-state index contributed by atoms with van der Waals surface area (Å²) >= 11 is 0. The van der Waals surface area contributed by atoms with Gasteiger partial charge in [0.25, 0.3) is 0 Å². The van der Waals surface area contributed by atoms with Crippen molar-refractivity contribution in [1.29, 1.82) is 0 Å². The first kappa shape index (κ1) is 10.3. The molecule has 0 aromatic heterocycles. The van der Waals surface area contributed by atoms with Gasteiger partial charge in [0.2, 0.25) is 5.91 Å². The number of hydrogen-bond acceptors (Lipinski definition) is 2. The van der Waals surface area contributed by atoms with Gasteiger partial charge in [0.15, 0.2) is 0 Å². The van der Waals surface area contributed by atoms with E-state index >= 15 is 0 Å². The lowest BCUT2D eigenvalue weighted by atomic mass is 9.95. The van der Waals surface area contributed by atoms with Crippen molar-refractivity contribution in [1.82, 2.24) is 4.90 Å². The summed E-state index contributed by atoms with van der Waals surface area (Å²) in [6.07, 6.45) is 4.32. The number of carbonyl (C=O) groups excluding carboxylic acids is 1. The Morgan fingerprint density at radius 3 is 2.85 bits per heavy atom. The van der Waals surface area contributed by atoms with Gasteiger partial charge < -0.3 is 10.6 Å². The fraction of sp³-hybridized carbons (Fsp3) is 0.700. The smallest absolute Gasteiger partial charge is 0.246 e. The number of carbonyl (C=O) groups is 1. The number of allylic oxidation sites excluding steroid dienone is 1. The fourth-order valence-electron chi connectivity index (χ4n) is 1.61. The first-order valence-electron chi connectivity index (χ1n) is 4.82. The van der Waals surface area contributed by atoms with E-state index in [9.17, 15) is 4.79 Å². The molecule has 74 valence electrons. The number of rotatable bonds is 1. The Hall–Kier alpha value is -0.830. The number of amides is 1. The van der Waals surface area contributed by atoms with Crippen LogP contribution in [0.5, 0.6) is 0 Å². The van der Waals surface area contributed by atoms with Crippen molar-refractivity contribution >= 4 is 5.91 Å². The number of hydrogen-bond donors (Lipinski definition) is 1. The normalized spacial score (nSPS) is 29.6. The number of nitrogens with zero attached hydrogens (tertiary/aromatic N) is 1. The van der Waals surface area contributed by atoms with Gasteiger partial charge in [0.1, 0.15) is 0 Å². The molecule has 13 heavy (non-hydrogen) atoms. The van der Waals surface area contributed by atoms with Crippen molar-refractivity contribution in [2.24, 2.45) is 11.7 Å². The van der Waals surface area contributed by atoms with Crippen LogP contribution < -0.4 is 5.73 Å². The molecule has 3 nitrogen and oxygen atoms in total. The molecule has 1 aliphatic rings. The van der Waals surface area contributed by atoms with E-state index in [0.717, 1.165) is 19.5 Å². The molecule has 0 spiro atoms. The first-order chi connectivity index (χ1) is 6.15. The Kier molecular flexibility index (Phi) is 3.48. The second-order valence-corrected chi connectivity index (χ2v) is 3.71. The maximum atomic E-state index is 11.4. The Balaban J connectivity index is 2.50. The van der Waals surface area contributed by atoms with E-state index in [1.807, 2.05) is 11.8 Å². The fourth-order valence-corrected chi connectivity index (χ4v) is 1.61. The zero-order valence-electron chi connectivity index (χ0n) is 8.36. The van der Waals surface area contributed by atoms with E-state index in [-0.39, 0.29) is 11.9 Å². The zero-order valence-corrected chi connectivity index (χ0v) is 8.36. The van der Waals surface area contributed by atoms with Crippen molar-refractivity contribution in [2.75, 3.05) is 13.1 Å². The highest BCUT2D eigenvalue weighted by atomic mass is 16.2. The topological polar surface area (TPSA) is 46.3 Å². The average molecular weight is 182 g/mol. The molecule has 2 N–H and O–H groups in total. The Labute approximate surface area is 79.6 Å². The molecular formula is C10H18N2O. The molecule has 1 amide bonds. The quantitative estimate of drug-likeness (QED) is 0.608. The standard InChI is InChI=1S/C10H18N2O/c1-3-4-10(13)12-6-5-9(11)8(2)7-12/h3-4,8-9H,5-7,11H2,1-2H3/b4-3+. The van der Waals surface area contributed by atoms with Gasteiger partial charge in [-0.3, -0.25) is 4.79 Å². The molecule has 0 saturated carbocycles. The zero-order chi connectivity index (χ0) is 9.84. The minimum absolute atomic E-state index is 0.112. The predicted molar refractivity (Wildman–Crippen MR) is 53.2 cm³/mol.